The van der Waals surface area contributed by atoms with E-state index in [1.165, 1.54) is 0 Å². The number of piperidine rings is 1. The van der Waals surface area contributed by atoms with Crippen molar-refractivity contribution in [3.05, 3.63) is 24.2 Å². The monoisotopic (exact) mass is 321 g/mol. The van der Waals surface area contributed by atoms with Gasteiger partial charge >= 0.3 is 6.03 Å². The van der Waals surface area contributed by atoms with Gasteiger partial charge in [-0.1, -0.05) is 13.8 Å². The van der Waals surface area contributed by atoms with E-state index in [4.69, 9.17) is 4.42 Å². The summed E-state index contributed by atoms with van der Waals surface area (Å²) in [7, 11) is 0. The molecule has 1 aromatic rings. The quantitative estimate of drug-likeness (QED) is 0.875. The van der Waals surface area contributed by atoms with E-state index in [1.54, 1.807) is 6.26 Å². The third-order valence-electron chi connectivity index (χ3n) is 4.21. The number of hydrogen-bond acceptors (Lipinski definition) is 3. The highest BCUT2D eigenvalue weighted by molar-refractivity contribution is 5.77. The van der Waals surface area contributed by atoms with Crippen LogP contribution in [0.5, 0.6) is 0 Å². The second-order valence-electron chi connectivity index (χ2n) is 6.54. The molecule has 2 rings (SSSR count). The molecule has 1 aliphatic rings. The molecule has 2 unspecified atom stereocenters. The molecule has 2 N–H and O–H groups in total. The summed E-state index contributed by atoms with van der Waals surface area (Å²) in [5.41, 5.74) is 0. The number of carbonyl (C=O) groups is 2. The van der Waals surface area contributed by atoms with Crippen molar-refractivity contribution in [1.82, 2.24) is 15.5 Å². The lowest BCUT2D eigenvalue weighted by Gasteiger charge is -2.33. The summed E-state index contributed by atoms with van der Waals surface area (Å²) < 4.78 is 5.31. The minimum Gasteiger partial charge on any atom is -0.467 e. The lowest BCUT2D eigenvalue weighted by atomic mass is 9.98. The molecule has 128 valence electrons. The molecule has 6 heteroatoms. The third-order valence-corrected chi connectivity index (χ3v) is 4.21. The Morgan fingerprint density at radius 2 is 2.17 bits per heavy atom. The molecule has 23 heavy (non-hydrogen) atoms. The molecule has 3 amide bonds. The average molecular weight is 321 g/mol. The molecular weight excluding hydrogens is 294 g/mol. The molecule has 2 heterocycles. The van der Waals surface area contributed by atoms with Crippen LogP contribution in [0.4, 0.5) is 4.79 Å². The Hall–Kier alpha value is -1.98. The molecule has 0 saturated carbocycles. The number of hydrogen-bond donors (Lipinski definition) is 2. The van der Waals surface area contributed by atoms with Crippen LogP contribution in [-0.2, 0) is 4.79 Å². The second kappa shape index (κ2) is 8.04. The van der Waals surface area contributed by atoms with Crippen LogP contribution in [0.25, 0.3) is 0 Å². The van der Waals surface area contributed by atoms with E-state index in [0.29, 0.717) is 19.0 Å². The summed E-state index contributed by atoms with van der Waals surface area (Å²) in [6, 6.07) is 3.44. The van der Waals surface area contributed by atoms with Crippen molar-refractivity contribution in [3.63, 3.8) is 0 Å². The lowest BCUT2D eigenvalue weighted by molar-refractivity contribution is -0.124. The summed E-state index contributed by atoms with van der Waals surface area (Å²) in [5.74, 6) is 1.12. The van der Waals surface area contributed by atoms with Crippen molar-refractivity contribution in [3.8, 4) is 0 Å². The minimum absolute atomic E-state index is 0.00728. The number of amides is 3. The Morgan fingerprint density at radius 3 is 2.83 bits per heavy atom. The molecule has 0 aliphatic carbocycles. The maximum absolute atomic E-state index is 12.4. The van der Waals surface area contributed by atoms with Gasteiger partial charge in [-0.25, -0.2) is 4.79 Å². The fourth-order valence-electron chi connectivity index (χ4n) is 2.75. The zero-order chi connectivity index (χ0) is 16.8. The average Bonchev–Trinajstić information content (AvgIpc) is 3.07. The predicted molar refractivity (Wildman–Crippen MR) is 87.8 cm³/mol. The van der Waals surface area contributed by atoms with Crippen molar-refractivity contribution >= 4 is 11.9 Å². The number of furan rings is 1. The summed E-state index contributed by atoms with van der Waals surface area (Å²) in [4.78, 5) is 25.9. The maximum Gasteiger partial charge on any atom is 0.317 e. The van der Waals surface area contributed by atoms with Crippen LogP contribution in [0.15, 0.2) is 22.8 Å². The van der Waals surface area contributed by atoms with Gasteiger partial charge in [-0.15, -0.1) is 0 Å². The molecule has 1 aliphatic heterocycles. The van der Waals surface area contributed by atoms with E-state index >= 15 is 0 Å². The Kier molecular flexibility index (Phi) is 6.07. The highest BCUT2D eigenvalue weighted by Gasteiger charge is 2.25. The molecule has 0 bridgehead atoms. The maximum atomic E-state index is 12.4. The molecule has 1 saturated heterocycles. The minimum atomic E-state index is -0.154. The molecule has 0 spiro atoms. The van der Waals surface area contributed by atoms with E-state index in [9.17, 15) is 9.59 Å². The van der Waals surface area contributed by atoms with E-state index in [-0.39, 0.29) is 23.9 Å². The fraction of sp³-hybridized carbons (Fsp3) is 0.647. The van der Waals surface area contributed by atoms with Crippen LogP contribution >= 0.6 is 0 Å². The highest BCUT2D eigenvalue weighted by Crippen LogP contribution is 2.18. The first-order chi connectivity index (χ1) is 11.0. The van der Waals surface area contributed by atoms with Crippen LogP contribution < -0.4 is 10.6 Å². The summed E-state index contributed by atoms with van der Waals surface area (Å²) in [6.07, 6.45) is 3.60. The predicted octanol–water partition coefficient (Wildman–Crippen LogP) is 2.53. The first-order valence-electron chi connectivity index (χ1n) is 8.34. The van der Waals surface area contributed by atoms with Crippen LogP contribution in [-0.4, -0.2) is 36.5 Å². The van der Waals surface area contributed by atoms with Crippen LogP contribution in [0.1, 0.15) is 45.4 Å². The van der Waals surface area contributed by atoms with Crippen molar-refractivity contribution in [2.45, 2.75) is 39.7 Å². The number of rotatable bonds is 5. The van der Waals surface area contributed by atoms with Gasteiger partial charge in [-0.05, 0) is 37.8 Å². The summed E-state index contributed by atoms with van der Waals surface area (Å²) in [6.45, 7) is 7.73. The number of urea groups is 1. The van der Waals surface area contributed by atoms with Crippen LogP contribution in [0.2, 0.25) is 0 Å². The van der Waals surface area contributed by atoms with Crippen LogP contribution in [0.3, 0.4) is 0 Å². The van der Waals surface area contributed by atoms with Gasteiger partial charge in [0, 0.05) is 25.6 Å². The van der Waals surface area contributed by atoms with Gasteiger partial charge in [0.25, 0.3) is 0 Å². The molecule has 1 fully saturated rings. The molecule has 0 radical (unpaired) electrons. The number of nitrogens with one attached hydrogen (secondary N) is 2. The fourth-order valence-corrected chi connectivity index (χ4v) is 2.75. The number of likely N-dealkylation sites (tertiary alicyclic amines) is 1. The van der Waals surface area contributed by atoms with Gasteiger partial charge < -0.3 is 20.0 Å². The van der Waals surface area contributed by atoms with E-state index in [0.717, 1.165) is 25.1 Å². The zero-order valence-corrected chi connectivity index (χ0v) is 14.2. The Labute approximate surface area is 137 Å². The van der Waals surface area contributed by atoms with E-state index < -0.39 is 0 Å². The molecule has 6 nitrogen and oxygen atoms in total. The van der Waals surface area contributed by atoms with Gasteiger partial charge in [0.1, 0.15) is 5.76 Å². The molecule has 2 atom stereocenters. The van der Waals surface area contributed by atoms with Crippen molar-refractivity contribution in [2.24, 2.45) is 11.8 Å². The standard InChI is InChI=1S/C17H27N3O3/c1-12(2)16(21)18-10-14-6-4-8-20(11-14)17(22)19-13(3)15-7-5-9-23-15/h5,7,9,12-14H,4,6,8,10-11H2,1-3H3,(H,18,21)(H,19,22). The lowest BCUT2D eigenvalue weighted by Crippen LogP contribution is -2.48. The van der Waals surface area contributed by atoms with Gasteiger partial charge in [0.15, 0.2) is 0 Å². The Morgan fingerprint density at radius 1 is 1.39 bits per heavy atom. The normalized spacial score (nSPS) is 19.5. The third kappa shape index (κ3) is 5.01. The van der Waals surface area contributed by atoms with E-state index in [2.05, 4.69) is 10.6 Å². The number of carbonyl (C=O) groups excluding carboxylic acids is 2. The molecular formula is C17H27N3O3. The second-order valence-corrected chi connectivity index (χ2v) is 6.54. The van der Waals surface area contributed by atoms with Crippen LogP contribution in [0, 0.1) is 11.8 Å². The van der Waals surface area contributed by atoms with E-state index in [1.807, 2.05) is 37.8 Å². The topological polar surface area (TPSA) is 74.6 Å². The highest BCUT2D eigenvalue weighted by atomic mass is 16.3. The Bertz CT molecular complexity index is 513. The molecule has 0 aromatic carbocycles. The number of nitrogens with zero attached hydrogens (tertiary/aromatic N) is 1. The van der Waals surface area contributed by atoms with Gasteiger partial charge in [0.2, 0.25) is 5.91 Å². The van der Waals surface area contributed by atoms with Gasteiger partial charge in [0.05, 0.1) is 12.3 Å². The SMILES string of the molecule is CC(C)C(=O)NCC1CCCN(C(=O)NC(C)c2ccco2)C1. The van der Waals surface area contributed by atoms with Crippen molar-refractivity contribution in [2.75, 3.05) is 19.6 Å². The smallest absolute Gasteiger partial charge is 0.317 e. The van der Waals surface area contributed by atoms with Crippen molar-refractivity contribution in [1.29, 1.82) is 0 Å². The Balaban J connectivity index is 1.80. The largest absolute Gasteiger partial charge is 0.467 e. The molecule has 1 aromatic heterocycles. The first kappa shape index (κ1) is 17.4. The van der Waals surface area contributed by atoms with Gasteiger partial charge in [-0.2, -0.15) is 0 Å². The van der Waals surface area contributed by atoms with Gasteiger partial charge in [-0.3, -0.25) is 4.79 Å². The first-order valence-corrected chi connectivity index (χ1v) is 8.34. The summed E-state index contributed by atoms with van der Waals surface area (Å²) in [5, 5.41) is 5.92. The zero-order valence-electron chi connectivity index (χ0n) is 14.2. The summed E-state index contributed by atoms with van der Waals surface area (Å²) >= 11 is 0. The van der Waals surface area contributed by atoms with Crippen molar-refractivity contribution < 1.29 is 14.0 Å².